The van der Waals surface area contributed by atoms with Crippen LogP contribution in [0.3, 0.4) is 0 Å². The molecule has 0 fully saturated rings. The normalized spacial score (nSPS) is 17.3. The molecular weight excluding hydrogens is 327 g/mol. The first-order valence-electron chi connectivity index (χ1n) is 6.92. The average Bonchev–Trinajstić information content (AvgIpc) is 2.83. The quantitative estimate of drug-likeness (QED) is 0.774. The van der Waals surface area contributed by atoms with E-state index in [1.54, 1.807) is 31.3 Å². The highest BCUT2D eigenvalue weighted by Crippen LogP contribution is 2.43. The van der Waals surface area contributed by atoms with Crippen molar-refractivity contribution >= 4 is 23.1 Å². The van der Waals surface area contributed by atoms with E-state index in [1.807, 2.05) is 0 Å². The van der Waals surface area contributed by atoms with E-state index in [9.17, 15) is 18.0 Å². The number of fused-ring (bicyclic) bond motifs is 1. The first kappa shape index (κ1) is 15.9. The van der Waals surface area contributed by atoms with E-state index < -0.39 is 17.8 Å². The molecule has 0 saturated carbocycles. The molecule has 1 unspecified atom stereocenters. The largest absolute Gasteiger partial charge is 0.418 e. The summed E-state index contributed by atoms with van der Waals surface area (Å²) in [6.45, 7) is 0. The van der Waals surface area contributed by atoms with E-state index in [1.165, 1.54) is 11.0 Å². The fourth-order valence-electron chi connectivity index (χ4n) is 2.92. The van der Waals surface area contributed by atoms with Crippen molar-refractivity contribution in [1.82, 2.24) is 0 Å². The number of alkyl halides is 3. The lowest BCUT2D eigenvalue weighted by Gasteiger charge is -2.29. The van der Waals surface area contributed by atoms with Gasteiger partial charge in [0.2, 0.25) is 0 Å². The number of carbonyl (C=O) groups is 1. The molecule has 23 heavy (non-hydrogen) atoms. The van der Waals surface area contributed by atoms with Crippen molar-refractivity contribution in [2.45, 2.75) is 18.6 Å². The molecule has 2 aromatic carbocycles. The van der Waals surface area contributed by atoms with Crippen LogP contribution >= 0.6 is 11.6 Å². The second-order valence-corrected chi connectivity index (χ2v) is 5.83. The van der Waals surface area contributed by atoms with E-state index in [2.05, 4.69) is 6.07 Å². The maximum atomic E-state index is 13.2. The zero-order valence-electron chi connectivity index (χ0n) is 12.1. The number of anilines is 1. The predicted molar refractivity (Wildman–Crippen MR) is 81.8 cm³/mol. The minimum atomic E-state index is -4.52. The van der Waals surface area contributed by atoms with Crippen molar-refractivity contribution in [3.8, 4) is 0 Å². The number of ketones is 1. The maximum absolute atomic E-state index is 13.2. The molecule has 6 heteroatoms. The van der Waals surface area contributed by atoms with Gasteiger partial charge in [0.05, 0.1) is 22.3 Å². The van der Waals surface area contributed by atoms with Gasteiger partial charge in [-0.05, 0) is 17.7 Å². The predicted octanol–water partition coefficient (Wildman–Crippen LogP) is 4.92. The van der Waals surface area contributed by atoms with Crippen molar-refractivity contribution in [3.63, 3.8) is 0 Å². The van der Waals surface area contributed by atoms with Crippen molar-refractivity contribution in [3.05, 3.63) is 64.2 Å². The van der Waals surface area contributed by atoms with Gasteiger partial charge in [-0.15, -0.1) is 0 Å². The zero-order valence-corrected chi connectivity index (χ0v) is 12.9. The molecule has 0 spiro atoms. The number of rotatable bonds is 2. The lowest BCUT2D eigenvalue weighted by atomic mass is 10.0. The molecule has 3 rings (SSSR count). The second-order valence-electron chi connectivity index (χ2n) is 5.42. The molecule has 1 aliphatic rings. The highest BCUT2D eigenvalue weighted by atomic mass is 35.5. The molecule has 2 aromatic rings. The SMILES string of the molecule is CN(c1cc(Cl)[c]cc1C(F)(F)F)C1CC(=O)c2ccccc21. The van der Waals surface area contributed by atoms with Gasteiger partial charge in [0.1, 0.15) is 0 Å². The van der Waals surface area contributed by atoms with Gasteiger partial charge in [-0.2, -0.15) is 13.2 Å². The highest BCUT2D eigenvalue weighted by molar-refractivity contribution is 6.30. The van der Waals surface area contributed by atoms with Crippen LogP contribution in [0.1, 0.15) is 33.9 Å². The van der Waals surface area contributed by atoms with E-state index in [4.69, 9.17) is 11.6 Å². The Kier molecular flexibility index (Phi) is 3.84. The van der Waals surface area contributed by atoms with Crippen LogP contribution in [0.4, 0.5) is 18.9 Å². The van der Waals surface area contributed by atoms with Gasteiger partial charge in [0.25, 0.3) is 0 Å². The monoisotopic (exact) mass is 338 g/mol. The Morgan fingerprint density at radius 1 is 1.30 bits per heavy atom. The summed E-state index contributed by atoms with van der Waals surface area (Å²) in [6.07, 6.45) is -4.38. The molecule has 2 nitrogen and oxygen atoms in total. The number of benzene rings is 2. The summed E-state index contributed by atoms with van der Waals surface area (Å²) in [4.78, 5) is 13.5. The summed E-state index contributed by atoms with van der Waals surface area (Å²) in [5.74, 6) is -0.0698. The lowest BCUT2D eigenvalue weighted by molar-refractivity contribution is -0.137. The summed E-state index contributed by atoms with van der Waals surface area (Å²) in [7, 11) is 1.54. The Labute approximate surface area is 136 Å². The van der Waals surface area contributed by atoms with Crippen LogP contribution in [-0.4, -0.2) is 12.8 Å². The molecule has 0 saturated heterocycles. The maximum Gasteiger partial charge on any atom is 0.418 e. The molecule has 0 bridgehead atoms. The number of nitrogens with zero attached hydrogens (tertiary/aromatic N) is 1. The van der Waals surface area contributed by atoms with Gasteiger partial charge in [-0.1, -0.05) is 35.9 Å². The Balaban J connectivity index is 2.07. The van der Waals surface area contributed by atoms with Gasteiger partial charge in [-0.25, -0.2) is 0 Å². The molecule has 0 heterocycles. The third-order valence-electron chi connectivity index (χ3n) is 4.05. The Hall–Kier alpha value is -2.01. The number of Topliss-reactive ketones (excluding diaryl/α,β-unsaturated/α-hetero) is 1. The summed E-state index contributed by atoms with van der Waals surface area (Å²) < 4.78 is 39.7. The summed E-state index contributed by atoms with van der Waals surface area (Å²) in [5, 5.41) is 0.0949. The minimum absolute atomic E-state index is 0.0595. The fourth-order valence-corrected chi connectivity index (χ4v) is 3.08. The third kappa shape index (κ3) is 2.81. The molecule has 0 aromatic heterocycles. The van der Waals surface area contributed by atoms with Crippen LogP contribution in [0.25, 0.3) is 0 Å². The van der Waals surface area contributed by atoms with Gasteiger partial charge in [-0.3, -0.25) is 4.79 Å². The molecule has 0 N–H and O–H groups in total. The summed E-state index contributed by atoms with van der Waals surface area (Å²) >= 11 is 5.83. The average molecular weight is 339 g/mol. The van der Waals surface area contributed by atoms with Crippen LogP contribution < -0.4 is 4.90 Å². The van der Waals surface area contributed by atoms with Gasteiger partial charge >= 0.3 is 6.18 Å². The molecule has 0 amide bonds. The first-order chi connectivity index (χ1) is 10.8. The number of halogens is 4. The van der Waals surface area contributed by atoms with E-state index >= 15 is 0 Å². The van der Waals surface area contributed by atoms with Crippen molar-refractivity contribution in [1.29, 1.82) is 0 Å². The summed E-state index contributed by atoms with van der Waals surface area (Å²) in [5.41, 5.74) is 0.417. The number of carbonyl (C=O) groups excluding carboxylic acids is 1. The minimum Gasteiger partial charge on any atom is -0.367 e. The van der Waals surface area contributed by atoms with Gasteiger partial charge in [0.15, 0.2) is 5.78 Å². The van der Waals surface area contributed by atoms with Crippen LogP contribution in [0.2, 0.25) is 5.02 Å². The third-order valence-corrected chi connectivity index (χ3v) is 4.26. The Morgan fingerprint density at radius 2 is 2.00 bits per heavy atom. The molecule has 1 atom stereocenters. The van der Waals surface area contributed by atoms with Crippen LogP contribution in [0.15, 0.2) is 36.4 Å². The molecule has 0 aliphatic heterocycles. The molecular formula is C17H12ClF3NO. The Morgan fingerprint density at radius 3 is 2.70 bits per heavy atom. The highest BCUT2D eigenvalue weighted by Gasteiger charge is 2.38. The molecule has 1 aliphatic carbocycles. The first-order valence-corrected chi connectivity index (χ1v) is 7.30. The second kappa shape index (κ2) is 5.57. The number of hydrogen-bond acceptors (Lipinski definition) is 2. The molecule has 119 valence electrons. The van der Waals surface area contributed by atoms with Crippen LogP contribution in [-0.2, 0) is 6.18 Å². The van der Waals surface area contributed by atoms with Crippen molar-refractivity contribution in [2.24, 2.45) is 0 Å². The lowest BCUT2D eigenvalue weighted by Crippen LogP contribution is -2.25. The smallest absolute Gasteiger partial charge is 0.367 e. The van der Waals surface area contributed by atoms with Crippen molar-refractivity contribution in [2.75, 3.05) is 11.9 Å². The van der Waals surface area contributed by atoms with Gasteiger partial charge < -0.3 is 4.90 Å². The van der Waals surface area contributed by atoms with Crippen molar-refractivity contribution < 1.29 is 18.0 Å². The Bertz CT molecular complexity index is 773. The van der Waals surface area contributed by atoms with Crippen LogP contribution in [0, 0.1) is 6.07 Å². The fraction of sp³-hybridized carbons (Fsp3) is 0.235. The van der Waals surface area contributed by atoms with Gasteiger partial charge in [0, 0.05) is 25.1 Å². The summed E-state index contributed by atoms with van der Waals surface area (Å²) in [6, 6.07) is 11.0. The van der Waals surface area contributed by atoms with E-state index in [0.29, 0.717) is 5.56 Å². The van der Waals surface area contributed by atoms with E-state index in [-0.39, 0.29) is 22.9 Å². The zero-order chi connectivity index (χ0) is 16.8. The molecule has 1 radical (unpaired) electrons. The standard InChI is InChI=1S/C17H12ClF3NO/c1-22(14-9-16(23)12-5-3-2-4-11(12)14)15-8-10(18)6-7-13(15)17(19,20)21/h2-5,7-8,14H,9H2,1H3. The topological polar surface area (TPSA) is 20.3 Å². The number of hydrogen-bond donors (Lipinski definition) is 0. The van der Waals surface area contributed by atoms with E-state index in [0.717, 1.165) is 11.6 Å². The van der Waals surface area contributed by atoms with Crippen LogP contribution in [0.5, 0.6) is 0 Å².